The second kappa shape index (κ2) is 8.27. The molecule has 0 spiro atoms. The summed E-state index contributed by atoms with van der Waals surface area (Å²) in [5, 5.41) is 1.21. The molecule has 0 saturated heterocycles. The molecular formula is C24H30N4. The van der Waals surface area contributed by atoms with Crippen molar-refractivity contribution in [1.29, 1.82) is 0 Å². The molecule has 4 rings (SSSR count). The average Bonchev–Trinajstić information content (AvgIpc) is 2.73. The molecule has 1 aliphatic carbocycles. The Kier molecular flexibility index (Phi) is 5.58. The first-order valence-electron chi connectivity index (χ1n) is 10.3. The lowest BCUT2D eigenvalue weighted by Crippen LogP contribution is -2.51. The molecule has 4 nitrogen and oxygen atoms in total. The Bertz CT molecular complexity index is 924. The highest BCUT2D eigenvalue weighted by molar-refractivity contribution is 5.91. The number of fused-ring (bicyclic) bond motifs is 1. The van der Waals surface area contributed by atoms with Crippen LogP contribution in [0.1, 0.15) is 37.1 Å². The van der Waals surface area contributed by atoms with Crippen molar-refractivity contribution < 1.29 is 0 Å². The van der Waals surface area contributed by atoms with Crippen LogP contribution in [0.3, 0.4) is 0 Å². The van der Waals surface area contributed by atoms with E-state index in [2.05, 4.69) is 78.3 Å². The molecule has 0 bridgehead atoms. The molecule has 28 heavy (non-hydrogen) atoms. The highest BCUT2D eigenvalue weighted by Gasteiger charge is 2.32. The molecule has 1 fully saturated rings. The van der Waals surface area contributed by atoms with Crippen LogP contribution < -0.4 is 4.90 Å². The monoisotopic (exact) mass is 374 g/mol. The van der Waals surface area contributed by atoms with Crippen LogP contribution in [0.25, 0.3) is 10.9 Å². The van der Waals surface area contributed by atoms with E-state index in [9.17, 15) is 0 Å². The minimum atomic E-state index is 0.482. The van der Waals surface area contributed by atoms with Gasteiger partial charge in [-0.1, -0.05) is 37.1 Å². The Morgan fingerprint density at radius 3 is 2.54 bits per heavy atom. The fourth-order valence-corrected chi connectivity index (χ4v) is 4.61. The predicted octanol–water partition coefficient (Wildman–Crippen LogP) is 4.82. The molecule has 3 aromatic rings. The summed E-state index contributed by atoms with van der Waals surface area (Å²) >= 11 is 0. The van der Waals surface area contributed by atoms with Gasteiger partial charge in [0.2, 0.25) is 0 Å². The van der Waals surface area contributed by atoms with Gasteiger partial charge >= 0.3 is 0 Å². The number of nitrogens with zero attached hydrogens (tertiary/aromatic N) is 4. The number of hydrogen-bond acceptors (Lipinski definition) is 4. The lowest BCUT2D eigenvalue weighted by molar-refractivity contribution is 0.158. The number of pyridine rings is 2. The second-order valence-electron chi connectivity index (χ2n) is 8.07. The summed E-state index contributed by atoms with van der Waals surface area (Å²) in [6.45, 7) is 2.96. The molecule has 2 heterocycles. The maximum absolute atomic E-state index is 4.86. The Hall–Kier alpha value is -2.46. The lowest BCUT2D eigenvalue weighted by atomic mass is 9.88. The molecule has 4 heteroatoms. The number of benzene rings is 1. The molecule has 1 aliphatic rings. The van der Waals surface area contributed by atoms with Crippen molar-refractivity contribution in [3.8, 4) is 0 Å². The number of likely N-dealkylation sites (N-methyl/N-ethyl adjacent to an activating group) is 2. The van der Waals surface area contributed by atoms with E-state index >= 15 is 0 Å². The number of rotatable bonds is 5. The molecule has 0 radical (unpaired) electrons. The van der Waals surface area contributed by atoms with E-state index in [-0.39, 0.29) is 0 Å². The van der Waals surface area contributed by atoms with Crippen LogP contribution >= 0.6 is 0 Å². The fraction of sp³-hybridized carbons (Fsp3) is 0.417. The van der Waals surface area contributed by atoms with Gasteiger partial charge in [-0.2, -0.15) is 0 Å². The van der Waals surface area contributed by atoms with Gasteiger partial charge in [0.15, 0.2) is 0 Å². The fourth-order valence-electron chi connectivity index (χ4n) is 4.61. The van der Waals surface area contributed by atoms with Crippen LogP contribution in [0.4, 0.5) is 5.69 Å². The van der Waals surface area contributed by atoms with Gasteiger partial charge in [0.1, 0.15) is 0 Å². The van der Waals surface area contributed by atoms with E-state index in [1.165, 1.54) is 36.8 Å². The number of hydrogen-bond donors (Lipinski definition) is 0. The van der Waals surface area contributed by atoms with Crippen LogP contribution in [-0.4, -0.2) is 41.0 Å². The lowest BCUT2D eigenvalue weighted by Gasteiger charge is -2.43. The smallest absolute Gasteiger partial charge is 0.0938 e. The summed E-state index contributed by atoms with van der Waals surface area (Å²) in [4.78, 5) is 14.4. The van der Waals surface area contributed by atoms with Crippen molar-refractivity contribution in [2.24, 2.45) is 0 Å². The Labute approximate surface area is 168 Å². The molecule has 0 aliphatic heterocycles. The maximum atomic E-state index is 4.86. The van der Waals surface area contributed by atoms with E-state index in [0.717, 1.165) is 23.4 Å². The van der Waals surface area contributed by atoms with E-state index in [4.69, 9.17) is 4.98 Å². The molecule has 146 valence electrons. The van der Waals surface area contributed by atoms with Gasteiger partial charge in [-0.25, -0.2) is 0 Å². The molecule has 0 N–H and O–H groups in total. The minimum absolute atomic E-state index is 0.482. The van der Waals surface area contributed by atoms with Gasteiger partial charge < -0.3 is 4.90 Å². The van der Waals surface area contributed by atoms with Crippen molar-refractivity contribution in [3.05, 3.63) is 66.1 Å². The van der Waals surface area contributed by atoms with Crippen LogP contribution in [-0.2, 0) is 6.54 Å². The quantitative estimate of drug-likeness (QED) is 0.641. The van der Waals surface area contributed by atoms with Crippen LogP contribution in [0.5, 0.6) is 0 Å². The topological polar surface area (TPSA) is 32.3 Å². The first kappa shape index (κ1) is 18.9. The first-order chi connectivity index (χ1) is 13.6. The highest BCUT2D eigenvalue weighted by Crippen LogP contribution is 2.33. The van der Waals surface area contributed by atoms with Crippen molar-refractivity contribution in [2.45, 2.75) is 51.2 Å². The van der Waals surface area contributed by atoms with Crippen molar-refractivity contribution in [3.63, 3.8) is 0 Å². The molecule has 2 aromatic heterocycles. The Morgan fingerprint density at radius 2 is 1.75 bits per heavy atom. The van der Waals surface area contributed by atoms with Crippen LogP contribution in [0.15, 0.2) is 54.7 Å². The Balaban J connectivity index is 1.61. The van der Waals surface area contributed by atoms with E-state index in [1.54, 1.807) is 0 Å². The summed E-state index contributed by atoms with van der Waals surface area (Å²) in [7, 11) is 4.49. The van der Waals surface area contributed by atoms with Gasteiger partial charge in [0.25, 0.3) is 0 Å². The minimum Gasteiger partial charge on any atom is -0.368 e. The summed E-state index contributed by atoms with van der Waals surface area (Å²) in [6.07, 6.45) is 6.93. The third kappa shape index (κ3) is 3.88. The molecule has 0 amide bonds. The SMILES string of the molecule is Cc1ccc2cccc(N(C)C3CCCCC3N(C)Cc3ccccn3)c2n1. The van der Waals surface area contributed by atoms with Gasteiger partial charge in [-0.3, -0.25) is 14.9 Å². The molecule has 1 saturated carbocycles. The zero-order chi connectivity index (χ0) is 19.5. The summed E-state index contributed by atoms with van der Waals surface area (Å²) < 4.78 is 0. The van der Waals surface area contributed by atoms with Gasteiger partial charge in [0.05, 0.1) is 16.9 Å². The van der Waals surface area contributed by atoms with Crippen molar-refractivity contribution in [2.75, 3.05) is 19.0 Å². The molecule has 2 atom stereocenters. The van der Waals surface area contributed by atoms with Crippen molar-refractivity contribution >= 4 is 16.6 Å². The van der Waals surface area contributed by atoms with Crippen LogP contribution in [0.2, 0.25) is 0 Å². The van der Waals surface area contributed by atoms with Gasteiger partial charge in [-0.05, 0) is 51.1 Å². The number of aryl methyl sites for hydroxylation is 1. The van der Waals surface area contributed by atoms with Gasteiger partial charge in [0, 0.05) is 43.0 Å². The predicted molar refractivity (Wildman–Crippen MR) is 117 cm³/mol. The number of para-hydroxylation sites is 1. The Morgan fingerprint density at radius 1 is 0.929 bits per heavy atom. The largest absolute Gasteiger partial charge is 0.368 e. The van der Waals surface area contributed by atoms with E-state index in [1.807, 2.05) is 12.3 Å². The summed E-state index contributed by atoms with van der Waals surface area (Å²) in [5.74, 6) is 0. The summed E-state index contributed by atoms with van der Waals surface area (Å²) in [6, 6.07) is 18.0. The van der Waals surface area contributed by atoms with Crippen molar-refractivity contribution in [1.82, 2.24) is 14.9 Å². The molecular weight excluding hydrogens is 344 g/mol. The maximum Gasteiger partial charge on any atom is 0.0938 e. The highest BCUT2D eigenvalue weighted by atomic mass is 15.2. The molecule has 1 aromatic carbocycles. The van der Waals surface area contributed by atoms with Gasteiger partial charge in [-0.15, -0.1) is 0 Å². The standard InChI is InChI=1S/C24H30N4/c1-18-14-15-19-9-8-13-23(24(19)26-18)28(3)22-12-5-4-11-21(22)27(2)17-20-10-6-7-16-25-20/h6-10,13-16,21-22H,4-5,11-12,17H2,1-3H3. The normalized spacial score (nSPS) is 19.9. The second-order valence-corrected chi connectivity index (χ2v) is 8.07. The zero-order valence-electron chi connectivity index (χ0n) is 17.2. The first-order valence-corrected chi connectivity index (χ1v) is 10.3. The number of aromatic nitrogens is 2. The zero-order valence-corrected chi connectivity index (χ0v) is 17.2. The third-order valence-corrected chi connectivity index (χ3v) is 6.11. The summed E-state index contributed by atoms with van der Waals surface area (Å²) in [5.41, 5.74) is 4.56. The average molecular weight is 375 g/mol. The van der Waals surface area contributed by atoms with E-state index < -0.39 is 0 Å². The third-order valence-electron chi connectivity index (χ3n) is 6.11. The van der Waals surface area contributed by atoms with Crippen LogP contribution in [0, 0.1) is 6.92 Å². The number of anilines is 1. The molecule has 2 unspecified atom stereocenters. The van der Waals surface area contributed by atoms with E-state index in [0.29, 0.717) is 12.1 Å².